The van der Waals surface area contributed by atoms with E-state index in [4.69, 9.17) is 0 Å². The highest BCUT2D eigenvalue weighted by molar-refractivity contribution is 5.95. The van der Waals surface area contributed by atoms with Crippen LogP contribution >= 0.6 is 0 Å². The second kappa shape index (κ2) is 9.18. The van der Waals surface area contributed by atoms with Crippen LogP contribution in [-0.2, 0) is 9.59 Å². The average Bonchev–Trinajstić information content (AvgIpc) is 2.48. The molecule has 0 fully saturated rings. The number of nitrogens with one attached hydrogen (secondary N) is 2. The molecule has 0 aromatic heterocycles. The first-order valence-corrected chi connectivity index (χ1v) is 8.29. The van der Waals surface area contributed by atoms with Gasteiger partial charge >= 0.3 is 0 Å². The average molecular weight is 319 g/mol. The van der Waals surface area contributed by atoms with Gasteiger partial charge in [0.15, 0.2) is 0 Å². The summed E-state index contributed by atoms with van der Waals surface area (Å²) in [4.78, 5) is 25.8. The molecule has 5 nitrogen and oxygen atoms in total. The summed E-state index contributed by atoms with van der Waals surface area (Å²) in [5.41, 5.74) is 2.94. The largest absolute Gasteiger partial charge is 0.372 e. The predicted molar refractivity (Wildman–Crippen MR) is 95.8 cm³/mol. The minimum absolute atomic E-state index is 0.00277. The van der Waals surface area contributed by atoms with Gasteiger partial charge in [0, 0.05) is 30.9 Å². The monoisotopic (exact) mass is 319 g/mol. The van der Waals surface area contributed by atoms with E-state index in [9.17, 15) is 9.59 Å². The second-order valence-corrected chi connectivity index (χ2v) is 6.09. The zero-order chi connectivity index (χ0) is 17.4. The molecule has 0 aliphatic heterocycles. The fourth-order valence-corrected chi connectivity index (χ4v) is 2.39. The minimum Gasteiger partial charge on any atom is -0.372 e. The third kappa shape index (κ3) is 6.30. The Labute approximate surface area is 139 Å². The normalized spacial score (nSPS) is 10.5. The Bertz CT molecular complexity index is 537. The van der Waals surface area contributed by atoms with Crippen molar-refractivity contribution in [2.75, 3.05) is 29.9 Å². The van der Waals surface area contributed by atoms with Crippen LogP contribution in [0.5, 0.6) is 0 Å². The topological polar surface area (TPSA) is 61.4 Å². The lowest BCUT2D eigenvalue weighted by Gasteiger charge is -2.22. The standard InChI is InChI=1S/C18H29N3O2/c1-6-21(7-2)15-8-9-16(14(5)11-15)20-18(23)12-19-17(22)10-13(3)4/h8-9,11,13H,6-7,10,12H2,1-5H3,(H,19,22)(H,20,23). The van der Waals surface area contributed by atoms with Crippen molar-refractivity contribution in [1.29, 1.82) is 0 Å². The Kier molecular flexibility index (Phi) is 7.59. The van der Waals surface area contributed by atoms with Crippen LogP contribution in [0, 0.1) is 12.8 Å². The zero-order valence-corrected chi connectivity index (χ0v) is 14.9. The Balaban J connectivity index is 2.60. The Hall–Kier alpha value is -2.04. The minimum atomic E-state index is -0.208. The van der Waals surface area contributed by atoms with Crippen molar-refractivity contribution >= 4 is 23.2 Å². The summed E-state index contributed by atoms with van der Waals surface area (Å²) in [6.07, 6.45) is 0.435. The molecular formula is C18H29N3O2. The number of amides is 2. The molecule has 0 heterocycles. The molecule has 0 bridgehead atoms. The van der Waals surface area contributed by atoms with Crippen LogP contribution in [-0.4, -0.2) is 31.4 Å². The van der Waals surface area contributed by atoms with E-state index >= 15 is 0 Å². The molecule has 0 aliphatic rings. The highest BCUT2D eigenvalue weighted by Crippen LogP contribution is 2.22. The van der Waals surface area contributed by atoms with E-state index in [-0.39, 0.29) is 24.3 Å². The predicted octanol–water partition coefficient (Wildman–Crippen LogP) is 2.94. The third-order valence-corrected chi connectivity index (χ3v) is 3.65. The molecule has 5 heteroatoms. The number of benzene rings is 1. The number of aryl methyl sites for hydroxylation is 1. The molecular weight excluding hydrogens is 290 g/mol. The lowest BCUT2D eigenvalue weighted by Crippen LogP contribution is -2.33. The molecule has 0 saturated heterocycles. The van der Waals surface area contributed by atoms with Crippen LogP contribution in [0.2, 0.25) is 0 Å². The van der Waals surface area contributed by atoms with Gasteiger partial charge in [0.25, 0.3) is 0 Å². The van der Waals surface area contributed by atoms with E-state index in [0.29, 0.717) is 6.42 Å². The maximum Gasteiger partial charge on any atom is 0.243 e. The van der Waals surface area contributed by atoms with Crippen LogP contribution in [0.4, 0.5) is 11.4 Å². The molecule has 1 aromatic rings. The SMILES string of the molecule is CCN(CC)c1ccc(NC(=O)CNC(=O)CC(C)C)c(C)c1. The Morgan fingerprint density at radius 3 is 2.30 bits per heavy atom. The molecule has 1 rings (SSSR count). The first kappa shape index (κ1) is 19.0. The molecule has 0 radical (unpaired) electrons. The summed E-state index contributed by atoms with van der Waals surface area (Å²) in [6.45, 7) is 12.1. The molecule has 0 spiro atoms. The fraction of sp³-hybridized carbons (Fsp3) is 0.556. The summed E-state index contributed by atoms with van der Waals surface area (Å²) < 4.78 is 0. The van der Waals surface area contributed by atoms with E-state index < -0.39 is 0 Å². The van der Waals surface area contributed by atoms with E-state index in [2.05, 4.69) is 35.4 Å². The van der Waals surface area contributed by atoms with Crippen molar-refractivity contribution in [3.8, 4) is 0 Å². The summed E-state index contributed by atoms with van der Waals surface area (Å²) in [5.74, 6) is -0.0162. The summed E-state index contributed by atoms with van der Waals surface area (Å²) in [6, 6.07) is 5.99. The maximum atomic E-state index is 11.9. The fourth-order valence-electron chi connectivity index (χ4n) is 2.39. The van der Waals surface area contributed by atoms with Gasteiger partial charge in [-0.25, -0.2) is 0 Å². The zero-order valence-electron chi connectivity index (χ0n) is 14.9. The van der Waals surface area contributed by atoms with Gasteiger partial charge in [-0.1, -0.05) is 13.8 Å². The lowest BCUT2D eigenvalue weighted by atomic mass is 10.1. The maximum absolute atomic E-state index is 11.9. The van der Waals surface area contributed by atoms with E-state index in [1.54, 1.807) is 0 Å². The summed E-state index contributed by atoms with van der Waals surface area (Å²) >= 11 is 0. The highest BCUT2D eigenvalue weighted by atomic mass is 16.2. The molecule has 2 amide bonds. The van der Waals surface area contributed by atoms with Crippen molar-refractivity contribution in [3.63, 3.8) is 0 Å². The molecule has 0 saturated carbocycles. The van der Waals surface area contributed by atoms with E-state index in [1.165, 1.54) is 0 Å². The lowest BCUT2D eigenvalue weighted by molar-refractivity contribution is -0.124. The molecule has 0 unspecified atom stereocenters. The number of carbonyl (C=O) groups is 2. The van der Waals surface area contributed by atoms with Crippen LogP contribution in [0.25, 0.3) is 0 Å². The second-order valence-electron chi connectivity index (χ2n) is 6.09. The van der Waals surface area contributed by atoms with Gasteiger partial charge in [0.1, 0.15) is 0 Å². The van der Waals surface area contributed by atoms with Crippen molar-refractivity contribution < 1.29 is 9.59 Å². The number of rotatable bonds is 8. The number of hydrogen-bond donors (Lipinski definition) is 2. The van der Waals surface area contributed by atoms with Crippen LogP contribution in [0.3, 0.4) is 0 Å². The van der Waals surface area contributed by atoms with E-state index in [1.807, 2.05) is 32.9 Å². The third-order valence-electron chi connectivity index (χ3n) is 3.65. The van der Waals surface area contributed by atoms with Gasteiger partial charge in [-0.2, -0.15) is 0 Å². The summed E-state index contributed by atoms with van der Waals surface area (Å²) in [7, 11) is 0. The molecule has 1 aromatic carbocycles. The summed E-state index contributed by atoms with van der Waals surface area (Å²) in [5, 5.41) is 5.49. The first-order chi connectivity index (χ1) is 10.9. The van der Waals surface area contributed by atoms with Gasteiger partial charge in [0.05, 0.1) is 6.54 Å². The number of anilines is 2. The number of carbonyl (C=O) groups excluding carboxylic acids is 2. The van der Waals surface area contributed by atoms with Gasteiger partial charge < -0.3 is 15.5 Å². The molecule has 23 heavy (non-hydrogen) atoms. The van der Waals surface area contributed by atoms with Crippen molar-refractivity contribution in [2.45, 2.75) is 41.0 Å². The quantitative estimate of drug-likeness (QED) is 0.774. The highest BCUT2D eigenvalue weighted by Gasteiger charge is 2.10. The van der Waals surface area contributed by atoms with Gasteiger partial charge in [0.2, 0.25) is 11.8 Å². The van der Waals surface area contributed by atoms with Crippen LogP contribution in [0.1, 0.15) is 39.7 Å². The van der Waals surface area contributed by atoms with Gasteiger partial charge in [-0.3, -0.25) is 9.59 Å². The number of nitrogens with zero attached hydrogens (tertiary/aromatic N) is 1. The van der Waals surface area contributed by atoms with Gasteiger partial charge in [-0.05, 0) is 50.5 Å². The van der Waals surface area contributed by atoms with Crippen LogP contribution in [0.15, 0.2) is 18.2 Å². The molecule has 128 valence electrons. The van der Waals surface area contributed by atoms with Crippen molar-refractivity contribution in [2.24, 2.45) is 5.92 Å². The van der Waals surface area contributed by atoms with Gasteiger partial charge in [-0.15, -0.1) is 0 Å². The smallest absolute Gasteiger partial charge is 0.243 e. The molecule has 2 N–H and O–H groups in total. The number of hydrogen-bond acceptors (Lipinski definition) is 3. The Morgan fingerprint density at radius 2 is 1.78 bits per heavy atom. The molecule has 0 aliphatic carbocycles. The first-order valence-electron chi connectivity index (χ1n) is 8.29. The molecule has 0 atom stereocenters. The Morgan fingerprint density at radius 1 is 1.13 bits per heavy atom. The van der Waals surface area contributed by atoms with Crippen molar-refractivity contribution in [3.05, 3.63) is 23.8 Å². The van der Waals surface area contributed by atoms with E-state index in [0.717, 1.165) is 30.0 Å². The van der Waals surface area contributed by atoms with Crippen LogP contribution < -0.4 is 15.5 Å². The van der Waals surface area contributed by atoms with Crippen molar-refractivity contribution in [1.82, 2.24) is 5.32 Å².